The molecule has 164 valence electrons. The first-order chi connectivity index (χ1) is 13.7. The Kier molecular flexibility index (Phi) is 10.3. The highest BCUT2D eigenvalue weighted by Crippen LogP contribution is 2.30. The molecular weight excluding hydrogens is 483 g/mol. The monoisotopic (exact) mass is 518 g/mol. The molecule has 3 N–H and O–H groups in total. The van der Waals surface area contributed by atoms with Gasteiger partial charge in [-0.25, -0.2) is 0 Å². The Morgan fingerprint density at radius 2 is 2.10 bits per heavy atom. The van der Waals surface area contributed by atoms with Crippen LogP contribution in [0.2, 0.25) is 0 Å². The van der Waals surface area contributed by atoms with Gasteiger partial charge in [-0.1, -0.05) is 12.1 Å². The molecule has 2 fully saturated rings. The molecule has 0 aromatic heterocycles. The number of para-hydroxylation sites is 2. The van der Waals surface area contributed by atoms with Gasteiger partial charge in [-0.3, -0.25) is 4.99 Å². The van der Waals surface area contributed by atoms with Gasteiger partial charge in [0.05, 0.1) is 32.1 Å². The maximum absolute atomic E-state index is 10.1. The molecule has 0 radical (unpaired) electrons. The minimum absolute atomic E-state index is 0. The number of hydrogen-bond donors (Lipinski definition) is 3. The van der Waals surface area contributed by atoms with Gasteiger partial charge in [-0.2, -0.15) is 0 Å². The molecule has 1 aliphatic heterocycles. The minimum Gasteiger partial charge on any atom is -0.495 e. The first-order valence-corrected chi connectivity index (χ1v) is 10.4. The van der Waals surface area contributed by atoms with Crippen molar-refractivity contribution in [2.45, 2.75) is 38.3 Å². The fraction of sp³-hybridized carbons (Fsp3) is 0.667. The van der Waals surface area contributed by atoms with E-state index < -0.39 is 6.10 Å². The zero-order chi connectivity index (χ0) is 19.8. The summed E-state index contributed by atoms with van der Waals surface area (Å²) in [4.78, 5) is 6.88. The third-order valence-electron chi connectivity index (χ3n) is 5.12. The first-order valence-electron chi connectivity index (χ1n) is 10.4. The van der Waals surface area contributed by atoms with Crippen LogP contribution in [0, 0.1) is 5.92 Å². The quantitative estimate of drug-likeness (QED) is 0.251. The number of aliphatic imine (C=N–C) groups is 1. The number of anilines is 1. The van der Waals surface area contributed by atoms with Crippen LogP contribution in [0.3, 0.4) is 0 Å². The van der Waals surface area contributed by atoms with E-state index in [2.05, 4.69) is 26.6 Å². The van der Waals surface area contributed by atoms with Gasteiger partial charge < -0.3 is 30.1 Å². The number of nitrogens with zero attached hydrogens (tertiary/aromatic N) is 2. The minimum atomic E-state index is -0.567. The van der Waals surface area contributed by atoms with E-state index in [0.29, 0.717) is 25.1 Å². The fourth-order valence-electron chi connectivity index (χ4n) is 3.41. The van der Waals surface area contributed by atoms with Gasteiger partial charge in [0.1, 0.15) is 5.75 Å². The van der Waals surface area contributed by atoms with Gasteiger partial charge in [0.15, 0.2) is 5.96 Å². The fourth-order valence-corrected chi connectivity index (χ4v) is 3.41. The summed E-state index contributed by atoms with van der Waals surface area (Å²) in [5.74, 6) is 2.36. The summed E-state index contributed by atoms with van der Waals surface area (Å²) in [6, 6.07) is 8.42. The Bertz CT molecular complexity index is 642. The molecule has 2 aliphatic rings. The molecule has 29 heavy (non-hydrogen) atoms. The summed E-state index contributed by atoms with van der Waals surface area (Å²) in [5.41, 5.74) is 1.12. The van der Waals surface area contributed by atoms with Crippen LogP contribution in [0.25, 0.3) is 0 Å². The molecule has 0 amide bonds. The molecule has 2 atom stereocenters. The SMILES string of the molecule is CCNC(=NCC(O)COCC1CC1)NC1CCN(c2ccccc2OC)C1.I. The van der Waals surface area contributed by atoms with E-state index in [0.717, 1.165) is 50.1 Å². The molecule has 1 aliphatic carbocycles. The van der Waals surface area contributed by atoms with Crippen molar-refractivity contribution in [2.75, 3.05) is 51.4 Å². The number of methoxy groups -OCH3 is 1. The van der Waals surface area contributed by atoms with Crippen LogP contribution < -0.4 is 20.3 Å². The van der Waals surface area contributed by atoms with E-state index in [1.54, 1.807) is 7.11 Å². The molecule has 8 heteroatoms. The number of rotatable bonds is 10. The lowest BCUT2D eigenvalue weighted by atomic mass is 10.2. The lowest BCUT2D eigenvalue weighted by Gasteiger charge is -2.22. The molecule has 0 spiro atoms. The van der Waals surface area contributed by atoms with Crippen LogP contribution in [-0.4, -0.2) is 69.7 Å². The van der Waals surface area contributed by atoms with Crippen LogP contribution >= 0.6 is 24.0 Å². The number of hydrogen-bond acceptors (Lipinski definition) is 5. The normalized spacial score (nSPS) is 20.2. The van der Waals surface area contributed by atoms with Gasteiger partial charge in [-0.15, -0.1) is 24.0 Å². The first kappa shape index (κ1) is 24.0. The lowest BCUT2D eigenvalue weighted by molar-refractivity contribution is 0.0368. The van der Waals surface area contributed by atoms with Crippen molar-refractivity contribution in [1.29, 1.82) is 0 Å². The Morgan fingerprint density at radius 3 is 2.83 bits per heavy atom. The zero-order valence-electron chi connectivity index (χ0n) is 17.5. The Hall–Kier alpha value is -1.26. The number of benzene rings is 1. The molecule has 1 aromatic rings. The third kappa shape index (κ3) is 7.82. The van der Waals surface area contributed by atoms with Gasteiger partial charge >= 0.3 is 0 Å². The highest BCUT2D eigenvalue weighted by atomic mass is 127. The standard InChI is InChI=1S/C21H34N4O3.HI/c1-3-22-21(23-12-18(26)15-28-14-16-8-9-16)24-17-10-11-25(13-17)19-6-4-5-7-20(19)27-2;/h4-7,16-18,26H,3,8-15H2,1-2H3,(H2,22,23,24);1H. The molecule has 0 bridgehead atoms. The van der Waals surface area contributed by atoms with Crippen molar-refractivity contribution in [2.24, 2.45) is 10.9 Å². The highest BCUT2D eigenvalue weighted by molar-refractivity contribution is 14.0. The summed E-state index contributed by atoms with van der Waals surface area (Å²) in [6.07, 6.45) is 2.98. The highest BCUT2D eigenvalue weighted by Gasteiger charge is 2.25. The number of guanidine groups is 1. The van der Waals surface area contributed by atoms with Crippen molar-refractivity contribution in [1.82, 2.24) is 10.6 Å². The second-order valence-electron chi connectivity index (χ2n) is 7.60. The van der Waals surface area contributed by atoms with Gasteiger partial charge in [0.25, 0.3) is 0 Å². The zero-order valence-corrected chi connectivity index (χ0v) is 19.8. The molecule has 1 saturated heterocycles. The number of nitrogens with one attached hydrogen (secondary N) is 2. The average Bonchev–Trinajstić information content (AvgIpc) is 3.42. The number of aliphatic hydroxyl groups excluding tert-OH is 1. The van der Waals surface area contributed by atoms with E-state index in [-0.39, 0.29) is 24.0 Å². The van der Waals surface area contributed by atoms with Crippen molar-refractivity contribution in [3.63, 3.8) is 0 Å². The van der Waals surface area contributed by atoms with E-state index in [4.69, 9.17) is 9.47 Å². The number of ether oxygens (including phenoxy) is 2. The van der Waals surface area contributed by atoms with Crippen molar-refractivity contribution in [3.8, 4) is 5.75 Å². The third-order valence-corrected chi connectivity index (χ3v) is 5.12. The summed E-state index contributed by atoms with van der Waals surface area (Å²) in [5, 5.41) is 16.9. The van der Waals surface area contributed by atoms with Gasteiger partial charge in [0, 0.05) is 32.3 Å². The second kappa shape index (κ2) is 12.4. The van der Waals surface area contributed by atoms with E-state index >= 15 is 0 Å². The Labute approximate surface area is 191 Å². The van der Waals surface area contributed by atoms with Crippen LogP contribution in [-0.2, 0) is 4.74 Å². The molecule has 1 saturated carbocycles. The molecule has 7 nitrogen and oxygen atoms in total. The number of aliphatic hydroxyl groups is 1. The molecule has 2 unspecified atom stereocenters. The van der Waals surface area contributed by atoms with E-state index in [9.17, 15) is 5.11 Å². The Morgan fingerprint density at radius 1 is 1.31 bits per heavy atom. The predicted molar refractivity (Wildman–Crippen MR) is 128 cm³/mol. The largest absolute Gasteiger partial charge is 0.495 e. The van der Waals surface area contributed by atoms with Crippen molar-refractivity contribution in [3.05, 3.63) is 24.3 Å². The molecule has 1 heterocycles. The molecular formula is C21H35IN4O3. The van der Waals surface area contributed by atoms with Crippen LogP contribution in [0.1, 0.15) is 26.2 Å². The predicted octanol–water partition coefficient (Wildman–Crippen LogP) is 2.23. The second-order valence-corrected chi connectivity index (χ2v) is 7.60. The van der Waals surface area contributed by atoms with Crippen LogP contribution in [0.5, 0.6) is 5.75 Å². The maximum Gasteiger partial charge on any atom is 0.191 e. The Balaban J connectivity index is 0.00000300. The summed E-state index contributed by atoms with van der Waals surface area (Å²) in [7, 11) is 1.71. The van der Waals surface area contributed by atoms with E-state index in [1.807, 2.05) is 25.1 Å². The lowest BCUT2D eigenvalue weighted by Crippen LogP contribution is -2.45. The summed E-state index contributed by atoms with van der Waals surface area (Å²) < 4.78 is 11.0. The smallest absolute Gasteiger partial charge is 0.191 e. The molecule has 3 rings (SSSR count). The van der Waals surface area contributed by atoms with Gasteiger partial charge in [-0.05, 0) is 44.2 Å². The summed E-state index contributed by atoms with van der Waals surface area (Å²) >= 11 is 0. The van der Waals surface area contributed by atoms with Crippen molar-refractivity contribution < 1.29 is 14.6 Å². The average molecular weight is 518 g/mol. The maximum atomic E-state index is 10.1. The van der Waals surface area contributed by atoms with Gasteiger partial charge in [0.2, 0.25) is 0 Å². The topological polar surface area (TPSA) is 78.4 Å². The molecule has 1 aromatic carbocycles. The van der Waals surface area contributed by atoms with Crippen LogP contribution in [0.4, 0.5) is 5.69 Å². The van der Waals surface area contributed by atoms with Crippen LogP contribution in [0.15, 0.2) is 29.3 Å². The summed E-state index contributed by atoms with van der Waals surface area (Å²) in [6.45, 7) is 6.13. The number of halogens is 1. The van der Waals surface area contributed by atoms with E-state index in [1.165, 1.54) is 12.8 Å². The van der Waals surface area contributed by atoms with Crippen molar-refractivity contribution >= 4 is 35.6 Å².